The number of rotatable bonds is 8. The molecule has 1 aliphatic heterocycles. The van der Waals surface area contributed by atoms with Crippen LogP contribution >= 0.6 is 11.6 Å². The highest BCUT2D eigenvalue weighted by Gasteiger charge is 2.43. The van der Waals surface area contributed by atoms with Crippen LogP contribution in [0.15, 0.2) is 33.5 Å². The Morgan fingerprint density at radius 1 is 1.00 bits per heavy atom. The molecule has 4 rings (SSSR count). The fourth-order valence-electron chi connectivity index (χ4n) is 4.51. The number of fused-ring (bicyclic) bond motifs is 2. The Hall–Kier alpha value is -3.19. The van der Waals surface area contributed by atoms with Gasteiger partial charge >= 0.3 is 0 Å². The number of hydrogen-bond donors (Lipinski definition) is 0. The first kappa shape index (κ1) is 24.0. The molecule has 0 N–H and O–H groups in total. The molecule has 0 saturated heterocycles. The maximum Gasteiger partial charge on any atom is 0.290 e. The second-order valence-electron chi connectivity index (χ2n) is 8.34. The van der Waals surface area contributed by atoms with E-state index in [1.807, 2.05) is 6.92 Å². The Balaban J connectivity index is 1.98. The summed E-state index contributed by atoms with van der Waals surface area (Å²) in [5, 5.41) is 0.809. The average molecular weight is 486 g/mol. The van der Waals surface area contributed by atoms with Gasteiger partial charge in [-0.05, 0) is 48.7 Å². The highest BCUT2D eigenvalue weighted by Crippen LogP contribution is 2.45. The smallest absolute Gasteiger partial charge is 0.290 e. The quantitative estimate of drug-likeness (QED) is 0.391. The minimum atomic E-state index is -0.659. The van der Waals surface area contributed by atoms with Gasteiger partial charge in [0.05, 0.1) is 38.3 Å². The average Bonchev–Trinajstić information content (AvgIpc) is 3.11. The lowest BCUT2D eigenvalue weighted by molar-refractivity contribution is 0.0724. The Morgan fingerprint density at radius 2 is 1.68 bits per heavy atom. The van der Waals surface area contributed by atoms with Crippen molar-refractivity contribution >= 4 is 28.5 Å². The Morgan fingerprint density at radius 3 is 2.26 bits per heavy atom. The number of ether oxygens (including phenoxy) is 3. The molecule has 0 spiro atoms. The van der Waals surface area contributed by atoms with Gasteiger partial charge in [-0.25, -0.2) is 0 Å². The first-order valence-electron chi connectivity index (χ1n) is 11.2. The minimum absolute atomic E-state index is 0.0643. The molecule has 0 aliphatic carbocycles. The molecule has 1 atom stereocenters. The van der Waals surface area contributed by atoms with Crippen molar-refractivity contribution in [3.8, 4) is 17.2 Å². The summed E-state index contributed by atoms with van der Waals surface area (Å²) in [6.07, 6.45) is 2.76. The molecule has 0 saturated carbocycles. The molecule has 8 heteroatoms. The summed E-state index contributed by atoms with van der Waals surface area (Å²) in [5.41, 5.74) is 1.80. The summed E-state index contributed by atoms with van der Waals surface area (Å²) < 4.78 is 22.6. The van der Waals surface area contributed by atoms with Gasteiger partial charge in [0, 0.05) is 11.6 Å². The third kappa shape index (κ3) is 3.88. The van der Waals surface area contributed by atoms with Crippen molar-refractivity contribution in [1.29, 1.82) is 0 Å². The van der Waals surface area contributed by atoms with E-state index in [0.29, 0.717) is 50.9 Å². The lowest BCUT2D eigenvalue weighted by Gasteiger charge is -2.26. The van der Waals surface area contributed by atoms with E-state index in [2.05, 4.69) is 6.92 Å². The third-order valence-corrected chi connectivity index (χ3v) is 6.66. The van der Waals surface area contributed by atoms with Gasteiger partial charge in [-0.1, -0.05) is 31.4 Å². The molecule has 1 aliphatic rings. The van der Waals surface area contributed by atoms with Crippen molar-refractivity contribution in [3.63, 3.8) is 0 Å². The predicted octanol–water partition coefficient (Wildman–Crippen LogP) is 5.52. The highest BCUT2D eigenvalue weighted by atomic mass is 35.5. The van der Waals surface area contributed by atoms with Gasteiger partial charge in [0.2, 0.25) is 11.5 Å². The standard InChI is InChI=1S/C26H28ClNO6/c1-6-7-8-9-28-22(15-11-19(31-3)24(33-5)20(12-15)32-4)21-23(29)16-13-17(27)14(2)10-18(16)34-25(21)26(28)30/h10-13,22H,6-9H2,1-5H3. The van der Waals surface area contributed by atoms with Crippen molar-refractivity contribution in [2.45, 2.75) is 39.2 Å². The zero-order valence-corrected chi connectivity index (χ0v) is 20.7. The van der Waals surface area contributed by atoms with Gasteiger partial charge in [0.15, 0.2) is 16.9 Å². The Bertz CT molecular complexity index is 1290. The van der Waals surface area contributed by atoms with Crippen LogP contribution in [0, 0.1) is 6.92 Å². The van der Waals surface area contributed by atoms with Crippen LogP contribution in [0.25, 0.3) is 11.0 Å². The minimum Gasteiger partial charge on any atom is -0.493 e. The molecule has 180 valence electrons. The van der Waals surface area contributed by atoms with Gasteiger partial charge < -0.3 is 23.5 Å². The molecule has 2 heterocycles. The number of methoxy groups -OCH3 is 3. The van der Waals surface area contributed by atoms with Crippen LogP contribution in [-0.4, -0.2) is 38.7 Å². The van der Waals surface area contributed by atoms with Crippen molar-refractivity contribution in [3.05, 3.63) is 62.0 Å². The lowest BCUT2D eigenvalue weighted by atomic mass is 9.97. The molecule has 34 heavy (non-hydrogen) atoms. The van der Waals surface area contributed by atoms with Gasteiger partial charge in [0.25, 0.3) is 5.91 Å². The first-order valence-corrected chi connectivity index (χ1v) is 11.6. The number of halogens is 1. The molecule has 0 bridgehead atoms. The van der Waals surface area contributed by atoms with Crippen molar-refractivity contribution in [1.82, 2.24) is 4.90 Å². The summed E-state index contributed by atoms with van der Waals surface area (Å²) in [6, 6.07) is 6.18. The number of amides is 1. The number of hydrogen-bond acceptors (Lipinski definition) is 6. The molecule has 1 aromatic heterocycles. The molecule has 7 nitrogen and oxygen atoms in total. The SMILES string of the molecule is CCCCCN1C(=O)c2oc3cc(C)c(Cl)cc3c(=O)c2C1c1cc(OC)c(OC)c(OC)c1. The van der Waals surface area contributed by atoms with Gasteiger partial charge in [-0.2, -0.15) is 0 Å². The first-order chi connectivity index (χ1) is 16.4. The lowest BCUT2D eigenvalue weighted by Crippen LogP contribution is -2.30. The van der Waals surface area contributed by atoms with E-state index in [0.717, 1.165) is 24.8 Å². The second-order valence-corrected chi connectivity index (χ2v) is 8.75. The van der Waals surface area contributed by atoms with E-state index < -0.39 is 6.04 Å². The van der Waals surface area contributed by atoms with Crippen molar-refractivity contribution < 1.29 is 23.4 Å². The molecular weight excluding hydrogens is 458 g/mol. The van der Waals surface area contributed by atoms with Gasteiger partial charge in [-0.15, -0.1) is 0 Å². The number of carbonyl (C=O) groups is 1. The fraction of sp³-hybridized carbons (Fsp3) is 0.385. The number of nitrogens with zero attached hydrogens (tertiary/aromatic N) is 1. The van der Waals surface area contributed by atoms with E-state index in [4.69, 9.17) is 30.2 Å². The molecule has 3 aromatic rings. The molecule has 2 aromatic carbocycles. The summed E-state index contributed by atoms with van der Waals surface area (Å²) in [5.74, 6) is 1.07. The third-order valence-electron chi connectivity index (χ3n) is 6.25. The molecular formula is C26H28ClNO6. The van der Waals surface area contributed by atoms with Crippen LogP contribution < -0.4 is 19.6 Å². The summed E-state index contributed by atoms with van der Waals surface area (Å²) in [4.78, 5) is 29.0. The van der Waals surface area contributed by atoms with E-state index in [1.54, 1.807) is 29.2 Å². The van der Waals surface area contributed by atoms with Gasteiger partial charge in [-0.3, -0.25) is 9.59 Å². The summed E-state index contributed by atoms with van der Waals surface area (Å²) in [6.45, 7) is 4.40. The van der Waals surface area contributed by atoms with Crippen LogP contribution in [0.2, 0.25) is 5.02 Å². The van der Waals surface area contributed by atoms with E-state index in [-0.39, 0.29) is 17.1 Å². The normalized spacial score (nSPS) is 15.1. The van der Waals surface area contributed by atoms with Crippen LogP contribution in [-0.2, 0) is 0 Å². The Labute approximate surface area is 203 Å². The van der Waals surface area contributed by atoms with Crippen LogP contribution in [0.1, 0.15) is 59.5 Å². The van der Waals surface area contributed by atoms with Crippen LogP contribution in [0.5, 0.6) is 17.2 Å². The zero-order chi connectivity index (χ0) is 24.6. The Kier molecular flexibility index (Phi) is 6.75. The van der Waals surface area contributed by atoms with Crippen LogP contribution in [0.3, 0.4) is 0 Å². The number of carbonyl (C=O) groups excluding carboxylic acids is 1. The molecule has 1 amide bonds. The monoisotopic (exact) mass is 485 g/mol. The summed E-state index contributed by atoms with van der Waals surface area (Å²) >= 11 is 6.31. The predicted molar refractivity (Wildman–Crippen MR) is 131 cm³/mol. The summed E-state index contributed by atoms with van der Waals surface area (Å²) in [7, 11) is 4.58. The number of aryl methyl sites for hydroxylation is 1. The fourth-order valence-corrected chi connectivity index (χ4v) is 4.67. The molecule has 1 unspecified atom stereocenters. The molecule has 0 radical (unpaired) electrons. The van der Waals surface area contributed by atoms with Crippen molar-refractivity contribution in [2.24, 2.45) is 0 Å². The van der Waals surface area contributed by atoms with Crippen LogP contribution in [0.4, 0.5) is 0 Å². The number of benzene rings is 2. The van der Waals surface area contributed by atoms with Crippen molar-refractivity contribution in [2.75, 3.05) is 27.9 Å². The maximum absolute atomic E-state index is 13.7. The second kappa shape index (κ2) is 9.58. The largest absolute Gasteiger partial charge is 0.493 e. The topological polar surface area (TPSA) is 78.2 Å². The molecule has 0 fully saturated rings. The zero-order valence-electron chi connectivity index (χ0n) is 20.0. The number of unbranched alkanes of at least 4 members (excludes halogenated alkanes) is 2. The van der Waals surface area contributed by atoms with E-state index in [1.165, 1.54) is 21.3 Å². The van der Waals surface area contributed by atoms with E-state index in [9.17, 15) is 9.59 Å². The maximum atomic E-state index is 13.7. The van der Waals surface area contributed by atoms with Gasteiger partial charge in [0.1, 0.15) is 5.58 Å². The highest BCUT2D eigenvalue weighted by molar-refractivity contribution is 6.32. The van der Waals surface area contributed by atoms with E-state index >= 15 is 0 Å².